The molecule has 0 spiro atoms. The number of rotatable bonds is 7. The molecule has 3 aromatic rings. The largest absolute Gasteiger partial charge is 0.361 e. The Morgan fingerprint density at radius 2 is 1.68 bits per heavy atom. The molecule has 2 N–H and O–H groups in total. The molecule has 130 valence electrons. The zero-order valence-electron chi connectivity index (χ0n) is 15.0. The van der Waals surface area contributed by atoms with Crippen molar-refractivity contribution in [1.29, 1.82) is 0 Å². The van der Waals surface area contributed by atoms with E-state index in [1.807, 2.05) is 12.1 Å². The van der Waals surface area contributed by atoms with Gasteiger partial charge in [-0.05, 0) is 30.0 Å². The zero-order chi connectivity index (χ0) is 17.6. The minimum atomic E-state index is 0.0967. The number of nitrogens with one attached hydrogen (secondary N) is 2. The number of carbonyl (C=O) groups is 1. The molecule has 0 bridgehead atoms. The second-order valence-corrected chi connectivity index (χ2v) is 6.51. The van der Waals surface area contributed by atoms with E-state index in [0.717, 1.165) is 18.4 Å². The Balaban J connectivity index is 1.90. The second kappa shape index (κ2) is 8.02. The van der Waals surface area contributed by atoms with Crippen molar-refractivity contribution in [2.75, 3.05) is 6.54 Å². The van der Waals surface area contributed by atoms with Crippen molar-refractivity contribution in [3.63, 3.8) is 0 Å². The van der Waals surface area contributed by atoms with Crippen molar-refractivity contribution in [1.82, 2.24) is 10.3 Å². The van der Waals surface area contributed by atoms with Crippen molar-refractivity contribution >= 4 is 16.8 Å². The van der Waals surface area contributed by atoms with Gasteiger partial charge >= 0.3 is 0 Å². The zero-order valence-corrected chi connectivity index (χ0v) is 15.0. The lowest BCUT2D eigenvalue weighted by atomic mass is 9.90. The number of aromatic amines is 1. The molecule has 1 aromatic heterocycles. The van der Waals surface area contributed by atoms with Crippen LogP contribution in [0.1, 0.15) is 43.7 Å². The fourth-order valence-electron chi connectivity index (χ4n) is 3.48. The van der Waals surface area contributed by atoms with Gasteiger partial charge in [-0.2, -0.15) is 0 Å². The van der Waals surface area contributed by atoms with E-state index < -0.39 is 0 Å². The predicted molar refractivity (Wildman–Crippen MR) is 104 cm³/mol. The molecule has 0 aliphatic rings. The van der Waals surface area contributed by atoms with Gasteiger partial charge in [-0.15, -0.1) is 0 Å². The molecule has 1 amide bonds. The molecule has 3 heteroatoms. The van der Waals surface area contributed by atoms with Gasteiger partial charge in [0.15, 0.2) is 0 Å². The average Bonchev–Trinajstić information content (AvgIpc) is 3.08. The van der Waals surface area contributed by atoms with Gasteiger partial charge in [-0.1, -0.05) is 62.4 Å². The van der Waals surface area contributed by atoms with Gasteiger partial charge in [0.2, 0.25) is 5.91 Å². The number of amides is 1. The lowest BCUT2D eigenvalue weighted by molar-refractivity contribution is -0.125. The first kappa shape index (κ1) is 17.3. The summed E-state index contributed by atoms with van der Waals surface area (Å²) in [7, 11) is 0. The van der Waals surface area contributed by atoms with E-state index in [4.69, 9.17) is 0 Å². The number of H-pyrrole nitrogens is 1. The summed E-state index contributed by atoms with van der Waals surface area (Å²) < 4.78 is 0. The molecule has 3 nitrogen and oxygen atoms in total. The molecule has 2 aromatic carbocycles. The molecule has 3 rings (SSSR count). The minimum Gasteiger partial charge on any atom is -0.361 e. The summed E-state index contributed by atoms with van der Waals surface area (Å²) in [6, 6.07) is 18.7. The van der Waals surface area contributed by atoms with E-state index in [0.29, 0.717) is 6.54 Å². The Morgan fingerprint density at radius 1 is 1.00 bits per heavy atom. The third kappa shape index (κ3) is 3.76. The molecule has 0 saturated carbocycles. The summed E-state index contributed by atoms with van der Waals surface area (Å²) in [5.74, 6) is 0.390. The monoisotopic (exact) mass is 334 g/mol. The summed E-state index contributed by atoms with van der Waals surface area (Å²) in [5, 5.41) is 4.40. The van der Waals surface area contributed by atoms with Crippen molar-refractivity contribution in [3.05, 3.63) is 71.9 Å². The maximum absolute atomic E-state index is 12.5. The number of benzene rings is 2. The van der Waals surface area contributed by atoms with Gasteiger partial charge in [0, 0.05) is 35.5 Å². The highest BCUT2D eigenvalue weighted by Gasteiger charge is 2.20. The van der Waals surface area contributed by atoms with Crippen LogP contribution in [0.15, 0.2) is 60.8 Å². The van der Waals surface area contributed by atoms with Gasteiger partial charge in [-0.3, -0.25) is 4.79 Å². The van der Waals surface area contributed by atoms with Crippen molar-refractivity contribution in [2.24, 2.45) is 5.92 Å². The van der Waals surface area contributed by atoms with E-state index in [1.165, 1.54) is 16.5 Å². The molecule has 0 saturated heterocycles. The molecular weight excluding hydrogens is 308 g/mol. The molecule has 0 aliphatic heterocycles. The van der Waals surface area contributed by atoms with Gasteiger partial charge in [0.25, 0.3) is 0 Å². The lowest BCUT2D eigenvalue weighted by Gasteiger charge is -2.20. The van der Waals surface area contributed by atoms with E-state index in [-0.39, 0.29) is 17.7 Å². The Morgan fingerprint density at radius 3 is 2.40 bits per heavy atom. The number of hydrogen-bond acceptors (Lipinski definition) is 1. The van der Waals surface area contributed by atoms with Crippen LogP contribution >= 0.6 is 0 Å². The quantitative estimate of drug-likeness (QED) is 0.637. The Bertz CT molecular complexity index is 818. The van der Waals surface area contributed by atoms with E-state index in [2.05, 4.69) is 72.8 Å². The highest BCUT2D eigenvalue weighted by molar-refractivity contribution is 5.84. The molecular formula is C22H26N2O. The van der Waals surface area contributed by atoms with Crippen LogP contribution < -0.4 is 5.32 Å². The normalized spacial score (nSPS) is 12.4. The maximum atomic E-state index is 12.5. The van der Waals surface area contributed by atoms with Crippen LogP contribution in [-0.4, -0.2) is 17.4 Å². The Kier molecular flexibility index (Phi) is 5.54. The number of fused-ring (bicyclic) bond motifs is 1. The highest BCUT2D eigenvalue weighted by Crippen LogP contribution is 2.30. The van der Waals surface area contributed by atoms with Crippen LogP contribution in [-0.2, 0) is 4.79 Å². The molecule has 1 atom stereocenters. The predicted octanol–water partition coefficient (Wildman–Crippen LogP) is 4.85. The number of para-hydroxylation sites is 1. The fourth-order valence-corrected chi connectivity index (χ4v) is 3.48. The van der Waals surface area contributed by atoms with Crippen LogP contribution in [0.25, 0.3) is 10.9 Å². The number of carbonyl (C=O) groups excluding carboxylic acids is 1. The van der Waals surface area contributed by atoms with Crippen LogP contribution in [0.5, 0.6) is 0 Å². The standard InChI is InChI=1S/C22H26N2O/c1-3-16(4-2)22(25)24-14-19(17-10-6-5-7-11-17)20-15-23-21-13-9-8-12-18(20)21/h5-13,15-16,19,23H,3-4,14H2,1-2H3,(H,24,25). The molecule has 0 aliphatic carbocycles. The maximum Gasteiger partial charge on any atom is 0.223 e. The Hall–Kier alpha value is -2.55. The van der Waals surface area contributed by atoms with Crippen LogP contribution in [0.3, 0.4) is 0 Å². The summed E-state index contributed by atoms with van der Waals surface area (Å²) in [6.07, 6.45) is 3.84. The summed E-state index contributed by atoms with van der Waals surface area (Å²) in [4.78, 5) is 15.8. The SMILES string of the molecule is CCC(CC)C(=O)NCC(c1ccccc1)c1c[nH]c2ccccc12. The van der Waals surface area contributed by atoms with Gasteiger partial charge in [0.1, 0.15) is 0 Å². The number of aromatic nitrogens is 1. The van der Waals surface area contributed by atoms with Crippen LogP contribution in [0.4, 0.5) is 0 Å². The van der Waals surface area contributed by atoms with Crippen molar-refractivity contribution in [3.8, 4) is 0 Å². The Labute approximate surface area is 149 Å². The first-order valence-electron chi connectivity index (χ1n) is 9.13. The van der Waals surface area contributed by atoms with Crippen molar-refractivity contribution in [2.45, 2.75) is 32.6 Å². The van der Waals surface area contributed by atoms with Gasteiger partial charge in [-0.25, -0.2) is 0 Å². The van der Waals surface area contributed by atoms with Crippen molar-refractivity contribution < 1.29 is 4.79 Å². The molecule has 0 fully saturated rings. The van der Waals surface area contributed by atoms with E-state index in [9.17, 15) is 4.79 Å². The third-order valence-electron chi connectivity index (χ3n) is 5.04. The van der Waals surface area contributed by atoms with Crippen LogP contribution in [0, 0.1) is 5.92 Å². The molecule has 0 radical (unpaired) electrons. The molecule has 1 heterocycles. The number of hydrogen-bond donors (Lipinski definition) is 2. The smallest absolute Gasteiger partial charge is 0.223 e. The first-order chi connectivity index (χ1) is 12.2. The van der Waals surface area contributed by atoms with E-state index in [1.54, 1.807) is 0 Å². The van der Waals surface area contributed by atoms with Crippen LogP contribution in [0.2, 0.25) is 0 Å². The summed E-state index contributed by atoms with van der Waals surface area (Å²) in [6.45, 7) is 4.76. The first-order valence-corrected chi connectivity index (χ1v) is 9.13. The topological polar surface area (TPSA) is 44.9 Å². The minimum absolute atomic E-state index is 0.0967. The van der Waals surface area contributed by atoms with Gasteiger partial charge < -0.3 is 10.3 Å². The molecule has 25 heavy (non-hydrogen) atoms. The lowest BCUT2D eigenvalue weighted by Crippen LogP contribution is -2.33. The van der Waals surface area contributed by atoms with E-state index >= 15 is 0 Å². The molecule has 1 unspecified atom stereocenters. The van der Waals surface area contributed by atoms with Gasteiger partial charge in [0.05, 0.1) is 0 Å². The highest BCUT2D eigenvalue weighted by atomic mass is 16.1. The fraction of sp³-hybridized carbons (Fsp3) is 0.318. The second-order valence-electron chi connectivity index (χ2n) is 6.51. The summed E-state index contributed by atoms with van der Waals surface area (Å²) in [5.41, 5.74) is 3.58. The third-order valence-corrected chi connectivity index (χ3v) is 5.04. The summed E-state index contributed by atoms with van der Waals surface area (Å²) >= 11 is 0. The average molecular weight is 334 g/mol.